The summed E-state index contributed by atoms with van der Waals surface area (Å²) in [6.07, 6.45) is 6.20. The third kappa shape index (κ3) is 5.46. The highest BCUT2D eigenvalue weighted by molar-refractivity contribution is 5.30. The van der Waals surface area contributed by atoms with Gasteiger partial charge >= 0.3 is 0 Å². The van der Waals surface area contributed by atoms with Gasteiger partial charge in [0, 0.05) is 19.2 Å². The van der Waals surface area contributed by atoms with Gasteiger partial charge < -0.3 is 10.4 Å². The third-order valence-electron chi connectivity index (χ3n) is 6.71. The van der Waals surface area contributed by atoms with Crippen molar-refractivity contribution in [2.24, 2.45) is 17.8 Å². The minimum atomic E-state index is 0.226. The van der Waals surface area contributed by atoms with Crippen molar-refractivity contribution in [1.29, 1.82) is 0 Å². The third-order valence-corrected chi connectivity index (χ3v) is 6.71. The van der Waals surface area contributed by atoms with E-state index in [4.69, 9.17) is 0 Å². The molecule has 2 N–H and O–H groups in total. The Morgan fingerprint density at radius 1 is 0.929 bits per heavy atom. The van der Waals surface area contributed by atoms with Gasteiger partial charge in [-0.3, -0.25) is 0 Å². The smallest absolute Gasteiger partial charge is 0.0474 e. The van der Waals surface area contributed by atoms with Gasteiger partial charge in [0.05, 0.1) is 0 Å². The van der Waals surface area contributed by atoms with Crippen LogP contribution in [0, 0.1) is 31.6 Å². The summed E-state index contributed by atoms with van der Waals surface area (Å²) in [7, 11) is 0. The van der Waals surface area contributed by atoms with Crippen LogP contribution in [0.3, 0.4) is 0 Å². The molecule has 0 radical (unpaired) electrons. The van der Waals surface area contributed by atoms with E-state index in [0.717, 1.165) is 18.9 Å². The average Bonchev–Trinajstić information content (AvgIpc) is 2.71. The number of benzene rings is 2. The topological polar surface area (TPSA) is 32.3 Å². The lowest BCUT2D eigenvalue weighted by atomic mass is 9.76. The van der Waals surface area contributed by atoms with E-state index in [1.54, 1.807) is 0 Å². The molecule has 2 atom stereocenters. The molecular weight excluding hydrogens is 342 g/mol. The first-order valence-corrected chi connectivity index (χ1v) is 11.0. The fraction of sp³-hybridized carbons (Fsp3) is 0.538. The molecule has 1 aliphatic rings. The van der Waals surface area contributed by atoms with Crippen LogP contribution >= 0.6 is 0 Å². The van der Waals surface area contributed by atoms with Gasteiger partial charge in [-0.15, -0.1) is 0 Å². The summed E-state index contributed by atoms with van der Waals surface area (Å²) < 4.78 is 0. The Morgan fingerprint density at radius 3 is 2.21 bits per heavy atom. The number of hydrogen-bond donors (Lipinski definition) is 2. The van der Waals surface area contributed by atoms with Gasteiger partial charge in [0.25, 0.3) is 0 Å². The summed E-state index contributed by atoms with van der Waals surface area (Å²) >= 11 is 0. The fourth-order valence-electron chi connectivity index (χ4n) is 4.73. The summed E-state index contributed by atoms with van der Waals surface area (Å²) in [5, 5.41) is 13.9. The van der Waals surface area contributed by atoms with Crippen molar-refractivity contribution < 1.29 is 5.11 Å². The average molecular weight is 380 g/mol. The Hall–Kier alpha value is -1.64. The maximum absolute atomic E-state index is 10.0. The molecule has 2 aromatic rings. The largest absolute Gasteiger partial charge is 0.396 e. The van der Waals surface area contributed by atoms with Gasteiger partial charge in [0.2, 0.25) is 0 Å². The molecule has 2 nitrogen and oxygen atoms in total. The molecule has 3 rings (SSSR count). The number of aryl methyl sites for hydroxylation is 2. The fourth-order valence-corrected chi connectivity index (χ4v) is 4.73. The van der Waals surface area contributed by atoms with Crippen LogP contribution < -0.4 is 5.32 Å². The zero-order chi connectivity index (χ0) is 19.9. The van der Waals surface area contributed by atoms with Crippen molar-refractivity contribution in [3.05, 3.63) is 70.8 Å². The number of hydrogen-bond acceptors (Lipinski definition) is 2. The molecule has 2 unspecified atom stereocenters. The second-order valence-corrected chi connectivity index (χ2v) is 8.94. The summed E-state index contributed by atoms with van der Waals surface area (Å²) in [5.74, 6) is 1.80. The van der Waals surface area contributed by atoms with Crippen molar-refractivity contribution in [2.45, 2.75) is 58.9 Å². The summed E-state index contributed by atoms with van der Waals surface area (Å²) in [5.41, 5.74) is 5.48. The zero-order valence-electron chi connectivity index (χ0n) is 17.8. The Bertz CT molecular complexity index is 733. The van der Waals surface area contributed by atoms with Crippen LogP contribution in [0.2, 0.25) is 0 Å². The first kappa shape index (κ1) is 21.1. The van der Waals surface area contributed by atoms with E-state index in [1.807, 2.05) is 0 Å². The highest BCUT2D eigenvalue weighted by Crippen LogP contribution is 2.37. The van der Waals surface area contributed by atoms with Crippen LogP contribution in [-0.4, -0.2) is 18.3 Å². The molecular formula is C26H37NO. The number of aliphatic hydroxyl groups excluding tert-OH is 1. The monoisotopic (exact) mass is 379 g/mol. The highest BCUT2D eigenvalue weighted by Gasteiger charge is 2.28. The molecule has 0 aromatic heterocycles. The van der Waals surface area contributed by atoms with E-state index in [0.29, 0.717) is 12.0 Å². The molecule has 1 aliphatic carbocycles. The first-order chi connectivity index (χ1) is 13.6. The Morgan fingerprint density at radius 2 is 1.57 bits per heavy atom. The summed E-state index contributed by atoms with van der Waals surface area (Å²) in [6, 6.07) is 17.8. The molecule has 1 saturated carbocycles. The van der Waals surface area contributed by atoms with Gasteiger partial charge in [-0.2, -0.15) is 0 Å². The Labute approximate surface area is 171 Å². The lowest BCUT2D eigenvalue weighted by Crippen LogP contribution is -2.36. The lowest BCUT2D eigenvalue weighted by Gasteiger charge is -2.35. The second-order valence-electron chi connectivity index (χ2n) is 8.94. The maximum atomic E-state index is 10.0. The van der Waals surface area contributed by atoms with Crippen LogP contribution in [0.15, 0.2) is 48.5 Å². The lowest BCUT2D eigenvalue weighted by molar-refractivity contribution is 0.194. The Kier molecular flexibility index (Phi) is 7.70. The number of nitrogens with one attached hydrogen (secondary N) is 1. The molecule has 0 spiro atoms. The predicted molar refractivity (Wildman–Crippen MR) is 119 cm³/mol. The molecule has 28 heavy (non-hydrogen) atoms. The molecule has 2 aromatic carbocycles. The van der Waals surface area contributed by atoms with E-state index in [2.05, 4.69) is 74.6 Å². The van der Waals surface area contributed by atoms with Crippen LogP contribution in [0.5, 0.6) is 0 Å². The molecule has 1 fully saturated rings. The summed E-state index contributed by atoms with van der Waals surface area (Å²) in [4.78, 5) is 0. The van der Waals surface area contributed by atoms with Crippen LogP contribution in [-0.2, 0) is 6.42 Å². The normalized spacial score (nSPS) is 22.0. The van der Waals surface area contributed by atoms with Crippen molar-refractivity contribution in [3.8, 4) is 0 Å². The SMILES string of the molecule is Cc1ccccc1CC(CO)CNC(c1ccccc1C)C1CCC(C)CC1. The molecule has 0 bridgehead atoms. The predicted octanol–water partition coefficient (Wildman–Crippen LogP) is 5.61. The van der Waals surface area contributed by atoms with Gasteiger partial charge in [0.1, 0.15) is 0 Å². The van der Waals surface area contributed by atoms with Gasteiger partial charge in [0.15, 0.2) is 0 Å². The van der Waals surface area contributed by atoms with Gasteiger partial charge in [-0.05, 0) is 73.1 Å². The van der Waals surface area contributed by atoms with E-state index in [9.17, 15) is 5.11 Å². The maximum Gasteiger partial charge on any atom is 0.0474 e. The molecule has 2 heteroatoms. The van der Waals surface area contributed by atoms with Crippen LogP contribution in [0.25, 0.3) is 0 Å². The summed E-state index contributed by atoms with van der Waals surface area (Å²) in [6.45, 7) is 7.86. The first-order valence-electron chi connectivity index (χ1n) is 11.0. The van der Waals surface area contributed by atoms with Crippen molar-refractivity contribution in [3.63, 3.8) is 0 Å². The molecule has 0 saturated heterocycles. The number of rotatable bonds is 8. The van der Waals surface area contributed by atoms with E-state index >= 15 is 0 Å². The molecule has 0 amide bonds. The Balaban J connectivity index is 1.71. The minimum Gasteiger partial charge on any atom is -0.396 e. The minimum absolute atomic E-state index is 0.226. The van der Waals surface area contributed by atoms with Crippen LogP contribution in [0.1, 0.15) is 60.9 Å². The quantitative estimate of drug-likeness (QED) is 0.624. The van der Waals surface area contributed by atoms with Crippen molar-refractivity contribution in [1.82, 2.24) is 5.32 Å². The van der Waals surface area contributed by atoms with Gasteiger partial charge in [-0.25, -0.2) is 0 Å². The zero-order valence-corrected chi connectivity index (χ0v) is 17.8. The van der Waals surface area contributed by atoms with Crippen molar-refractivity contribution in [2.75, 3.05) is 13.2 Å². The second kappa shape index (κ2) is 10.2. The van der Waals surface area contributed by atoms with E-state index in [1.165, 1.54) is 47.9 Å². The van der Waals surface area contributed by atoms with E-state index < -0.39 is 0 Å². The molecule has 0 heterocycles. The van der Waals surface area contributed by atoms with E-state index in [-0.39, 0.29) is 12.5 Å². The van der Waals surface area contributed by atoms with Crippen LogP contribution in [0.4, 0.5) is 0 Å². The molecule has 0 aliphatic heterocycles. The number of aliphatic hydroxyl groups is 1. The standard InChI is InChI=1S/C26H37NO/c1-19-12-14-23(15-13-19)26(25-11-7-5-9-21(25)3)27-17-22(18-28)16-24-10-6-4-8-20(24)2/h4-11,19,22-23,26-28H,12-18H2,1-3H3. The van der Waals surface area contributed by atoms with Gasteiger partial charge in [-0.1, -0.05) is 68.3 Å². The van der Waals surface area contributed by atoms with Crippen molar-refractivity contribution >= 4 is 0 Å². The highest BCUT2D eigenvalue weighted by atomic mass is 16.3. The molecule has 152 valence electrons.